The molecule has 8 heteroatoms. The highest BCUT2D eigenvalue weighted by atomic mass is 79.9. The number of nitrogens with one attached hydrogen (secondary N) is 1. The fraction of sp³-hybridized carbons (Fsp3) is 0.462. The van der Waals surface area contributed by atoms with E-state index in [0.717, 1.165) is 0 Å². The van der Waals surface area contributed by atoms with Crippen LogP contribution < -0.4 is 4.72 Å². The highest BCUT2D eigenvalue weighted by Gasteiger charge is 2.36. The second-order valence-corrected chi connectivity index (χ2v) is 8.20. The van der Waals surface area contributed by atoms with E-state index in [0.29, 0.717) is 21.8 Å². The summed E-state index contributed by atoms with van der Waals surface area (Å²) in [5, 5.41) is 9.34. The zero-order valence-corrected chi connectivity index (χ0v) is 15.7. The third-order valence-corrected chi connectivity index (χ3v) is 6.48. The highest BCUT2D eigenvalue weighted by molar-refractivity contribution is 9.11. The number of carboxylic acids is 1. The summed E-state index contributed by atoms with van der Waals surface area (Å²) in [6.45, 7) is 3.33. The Morgan fingerprint density at radius 2 is 1.86 bits per heavy atom. The smallest absolute Gasteiger partial charge is 0.310 e. The molecule has 0 radical (unpaired) electrons. The lowest BCUT2D eigenvalue weighted by Gasteiger charge is -2.26. The van der Waals surface area contributed by atoms with E-state index in [1.54, 1.807) is 26.0 Å². The molecule has 1 aromatic rings. The maximum atomic E-state index is 12.4. The summed E-state index contributed by atoms with van der Waals surface area (Å²) in [4.78, 5) is 11.5. The third-order valence-electron chi connectivity index (χ3n) is 3.59. The molecule has 1 rings (SSSR count). The van der Waals surface area contributed by atoms with Crippen LogP contribution in [0.3, 0.4) is 0 Å². The summed E-state index contributed by atoms with van der Waals surface area (Å²) in [7, 11) is -3.79. The number of aliphatic carboxylic acids is 1. The van der Waals surface area contributed by atoms with Crippen LogP contribution in [0.25, 0.3) is 0 Å². The number of sulfonamides is 1. The van der Waals surface area contributed by atoms with Crippen molar-refractivity contribution in [1.82, 2.24) is 4.72 Å². The van der Waals surface area contributed by atoms with Crippen LogP contribution >= 0.6 is 31.9 Å². The molecule has 118 valence electrons. The number of carbonyl (C=O) groups is 1. The summed E-state index contributed by atoms with van der Waals surface area (Å²) in [6, 6.07) is 4.79. The van der Waals surface area contributed by atoms with E-state index < -0.39 is 21.4 Å². The topological polar surface area (TPSA) is 83.5 Å². The van der Waals surface area contributed by atoms with Gasteiger partial charge in [-0.25, -0.2) is 13.1 Å². The fourth-order valence-electron chi connectivity index (χ4n) is 1.87. The van der Waals surface area contributed by atoms with Gasteiger partial charge in [-0.05, 0) is 47.0 Å². The lowest BCUT2D eigenvalue weighted by molar-refractivity contribution is -0.149. The summed E-state index contributed by atoms with van der Waals surface area (Å²) < 4.78 is 28.2. The Bertz CT molecular complexity index is 627. The molecular formula is C13H17Br2NO4S. The zero-order valence-electron chi connectivity index (χ0n) is 11.7. The lowest BCUT2D eigenvalue weighted by Crippen LogP contribution is -2.42. The van der Waals surface area contributed by atoms with Gasteiger partial charge in [-0.3, -0.25) is 4.79 Å². The van der Waals surface area contributed by atoms with E-state index in [1.807, 2.05) is 0 Å². The van der Waals surface area contributed by atoms with Crippen LogP contribution in [0.15, 0.2) is 32.0 Å². The molecule has 0 amide bonds. The van der Waals surface area contributed by atoms with Crippen molar-refractivity contribution in [2.75, 3.05) is 6.54 Å². The maximum Gasteiger partial charge on any atom is 0.310 e. The van der Waals surface area contributed by atoms with E-state index in [-0.39, 0.29) is 11.4 Å². The fourth-order valence-corrected chi connectivity index (χ4v) is 4.50. The van der Waals surface area contributed by atoms with Gasteiger partial charge >= 0.3 is 5.97 Å². The van der Waals surface area contributed by atoms with Gasteiger partial charge in [0.05, 0.1) is 10.3 Å². The van der Waals surface area contributed by atoms with Crippen LogP contribution in [-0.4, -0.2) is 26.0 Å². The van der Waals surface area contributed by atoms with Crippen molar-refractivity contribution in [3.8, 4) is 0 Å². The van der Waals surface area contributed by atoms with E-state index in [1.165, 1.54) is 6.07 Å². The van der Waals surface area contributed by atoms with Crippen LogP contribution in [0.1, 0.15) is 26.7 Å². The average Bonchev–Trinajstić information content (AvgIpc) is 2.42. The first-order valence-electron chi connectivity index (χ1n) is 6.36. The molecule has 0 heterocycles. The largest absolute Gasteiger partial charge is 0.481 e. The lowest BCUT2D eigenvalue weighted by atomic mass is 9.83. The summed E-state index contributed by atoms with van der Waals surface area (Å²) >= 11 is 6.42. The van der Waals surface area contributed by atoms with E-state index in [4.69, 9.17) is 0 Å². The predicted octanol–water partition coefficient (Wildman–Crippen LogP) is 3.38. The molecule has 0 aromatic heterocycles. The summed E-state index contributed by atoms with van der Waals surface area (Å²) in [6.07, 6.45) is 0.696. The minimum Gasteiger partial charge on any atom is -0.481 e. The van der Waals surface area contributed by atoms with Crippen molar-refractivity contribution in [3.05, 3.63) is 27.1 Å². The predicted molar refractivity (Wildman–Crippen MR) is 87.7 cm³/mol. The number of halogens is 2. The molecule has 0 saturated carbocycles. The highest BCUT2D eigenvalue weighted by Crippen LogP contribution is 2.29. The molecule has 0 atom stereocenters. The quantitative estimate of drug-likeness (QED) is 0.677. The molecule has 5 nitrogen and oxygen atoms in total. The Balaban J connectivity index is 3.06. The molecule has 1 aromatic carbocycles. The maximum absolute atomic E-state index is 12.4. The zero-order chi connectivity index (χ0) is 16.3. The van der Waals surface area contributed by atoms with Gasteiger partial charge in [0.2, 0.25) is 10.0 Å². The minimum absolute atomic E-state index is 0.0726. The first-order valence-corrected chi connectivity index (χ1v) is 9.43. The van der Waals surface area contributed by atoms with Gasteiger partial charge in [-0.2, -0.15) is 0 Å². The number of carboxylic acid groups (broad SMARTS) is 1. The standard InChI is InChI=1S/C13H17Br2NO4S/c1-3-13(4-2,12(17)18)8-16-21(19,20)11-7-9(14)5-6-10(11)15/h5-7,16H,3-4,8H2,1-2H3,(H,17,18). The van der Waals surface area contributed by atoms with Crippen molar-refractivity contribution < 1.29 is 18.3 Å². The van der Waals surface area contributed by atoms with Gasteiger partial charge in [0.1, 0.15) is 0 Å². The second-order valence-electron chi connectivity index (χ2n) is 4.69. The second kappa shape index (κ2) is 7.21. The molecule has 0 aliphatic heterocycles. The monoisotopic (exact) mass is 441 g/mol. The molecule has 0 unspecified atom stereocenters. The SMILES string of the molecule is CCC(CC)(CNS(=O)(=O)c1cc(Br)ccc1Br)C(=O)O. The van der Waals surface area contributed by atoms with Gasteiger partial charge in [-0.15, -0.1) is 0 Å². The number of hydrogen-bond donors (Lipinski definition) is 2. The molecule has 21 heavy (non-hydrogen) atoms. The average molecular weight is 443 g/mol. The van der Waals surface area contributed by atoms with Gasteiger partial charge in [0, 0.05) is 15.5 Å². The number of benzene rings is 1. The van der Waals surface area contributed by atoms with Gasteiger partial charge < -0.3 is 5.11 Å². The van der Waals surface area contributed by atoms with Gasteiger partial charge in [-0.1, -0.05) is 29.8 Å². The van der Waals surface area contributed by atoms with Crippen molar-refractivity contribution in [3.63, 3.8) is 0 Å². The van der Waals surface area contributed by atoms with Crippen LogP contribution in [0.5, 0.6) is 0 Å². The van der Waals surface area contributed by atoms with E-state index in [2.05, 4.69) is 36.6 Å². The minimum atomic E-state index is -3.79. The van der Waals surface area contributed by atoms with Crippen molar-refractivity contribution in [2.45, 2.75) is 31.6 Å². The Kier molecular flexibility index (Phi) is 6.39. The Morgan fingerprint density at radius 1 is 1.29 bits per heavy atom. The number of hydrogen-bond acceptors (Lipinski definition) is 3. The third kappa shape index (κ3) is 4.28. The Labute approximate surface area is 141 Å². The molecule has 2 N–H and O–H groups in total. The normalized spacial score (nSPS) is 12.4. The molecule has 0 aliphatic carbocycles. The molecule has 0 saturated heterocycles. The van der Waals surface area contributed by atoms with Crippen LogP contribution in [0, 0.1) is 5.41 Å². The molecular weight excluding hydrogens is 426 g/mol. The molecule has 0 aliphatic rings. The van der Waals surface area contributed by atoms with Gasteiger partial charge in [0.15, 0.2) is 0 Å². The van der Waals surface area contributed by atoms with E-state index >= 15 is 0 Å². The molecule has 0 bridgehead atoms. The summed E-state index contributed by atoms with van der Waals surface area (Å²) in [5.41, 5.74) is -1.09. The first-order chi connectivity index (χ1) is 9.68. The van der Waals surface area contributed by atoms with Gasteiger partial charge in [0.25, 0.3) is 0 Å². The number of rotatable bonds is 7. The van der Waals surface area contributed by atoms with Crippen molar-refractivity contribution >= 4 is 47.9 Å². The van der Waals surface area contributed by atoms with Crippen LogP contribution in [0.2, 0.25) is 0 Å². The molecule has 0 spiro atoms. The van der Waals surface area contributed by atoms with E-state index in [9.17, 15) is 18.3 Å². The van der Waals surface area contributed by atoms with Crippen molar-refractivity contribution in [2.24, 2.45) is 5.41 Å². The summed E-state index contributed by atoms with van der Waals surface area (Å²) in [5.74, 6) is -0.997. The first kappa shape index (κ1) is 18.6. The van der Waals surface area contributed by atoms with Crippen molar-refractivity contribution in [1.29, 1.82) is 0 Å². The molecule has 0 fully saturated rings. The van der Waals surface area contributed by atoms with Crippen LogP contribution in [-0.2, 0) is 14.8 Å². The Morgan fingerprint density at radius 3 is 2.33 bits per heavy atom. The van der Waals surface area contributed by atoms with Crippen LogP contribution in [0.4, 0.5) is 0 Å². The Hall–Kier alpha value is -0.440.